The predicted molar refractivity (Wildman–Crippen MR) is 88.2 cm³/mol. The fourth-order valence-corrected chi connectivity index (χ4v) is 5.94. The first-order valence-corrected chi connectivity index (χ1v) is 9.00. The summed E-state index contributed by atoms with van der Waals surface area (Å²) in [6.07, 6.45) is 14.7. The van der Waals surface area contributed by atoms with Gasteiger partial charge in [0.25, 0.3) is 0 Å². The summed E-state index contributed by atoms with van der Waals surface area (Å²) in [7, 11) is 1.80. The van der Waals surface area contributed by atoms with Crippen molar-refractivity contribution in [2.75, 3.05) is 7.11 Å². The van der Waals surface area contributed by atoms with Crippen molar-refractivity contribution in [3.63, 3.8) is 0 Å². The minimum atomic E-state index is -0.217. The zero-order chi connectivity index (χ0) is 15.3. The van der Waals surface area contributed by atoms with Crippen molar-refractivity contribution in [1.29, 1.82) is 0 Å². The van der Waals surface area contributed by atoms with E-state index in [2.05, 4.69) is 25.2 Å². The maximum atomic E-state index is 10.5. The van der Waals surface area contributed by atoms with Gasteiger partial charge in [-0.1, -0.05) is 30.2 Å². The summed E-state index contributed by atoms with van der Waals surface area (Å²) < 4.78 is 5.48. The number of aliphatic hydroxyl groups is 1. The molecule has 0 heterocycles. The normalized spacial score (nSPS) is 43.3. The maximum absolute atomic E-state index is 10.5. The van der Waals surface area contributed by atoms with E-state index >= 15 is 0 Å². The van der Waals surface area contributed by atoms with Crippen molar-refractivity contribution in [2.24, 2.45) is 23.2 Å². The van der Waals surface area contributed by atoms with Crippen molar-refractivity contribution >= 4 is 0 Å². The zero-order valence-electron chi connectivity index (χ0n) is 13.8. The van der Waals surface area contributed by atoms with Crippen molar-refractivity contribution in [3.8, 4) is 0 Å². The number of methoxy groups -OCH3 is 1. The lowest BCUT2D eigenvalue weighted by Crippen LogP contribution is -2.47. The molecular formula is C20H28O2. The molecule has 0 amide bonds. The molecule has 0 saturated heterocycles. The van der Waals surface area contributed by atoms with Gasteiger partial charge < -0.3 is 9.84 Å². The maximum Gasteiger partial charge on any atom is 0.0959 e. The Morgan fingerprint density at radius 2 is 2.18 bits per heavy atom. The van der Waals surface area contributed by atoms with Crippen molar-refractivity contribution in [2.45, 2.75) is 58.0 Å². The smallest absolute Gasteiger partial charge is 0.0959 e. The van der Waals surface area contributed by atoms with Crippen LogP contribution in [0.15, 0.2) is 35.1 Å². The molecule has 0 bridgehead atoms. The van der Waals surface area contributed by atoms with Crippen LogP contribution in [-0.4, -0.2) is 18.3 Å². The van der Waals surface area contributed by atoms with Crippen molar-refractivity contribution < 1.29 is 9.84 Å². The van der Waals surface area contributed by atoms with Gasteiger partial charge in [-0.2, -0.15) is 0 Å². The molecule has 0 radical (unpaired) electrons. The largest absolute Gasteiger partial charge is 0.501 e. The van der Waals surface area contributed by atoms with Crippen LogP contribution in [-0.2, 0) is 4.74 Å². The lowest BCUT2D eigenvalue weighted by Gasteiger charge is -2.52. The summed E-state index contributed by atoms with van der Waals surface area (Å²) in [5.41, 5.74) is 3.52. The second-order valence-corrected chi connectivity index (χ2v) is 7.67. The average molecular weight is 300 g/mol. The summed E-state index contributed by atoms with van der Waals surface area (Å²) in [4.78, 5) is 0. The fraction of sp³-hybridized carbons (Fsp3) is 0.700. The molecule has 5 atom stereocenters. The SMILES string of the molecule is CC[C@]12CCC3C4=C(CCC3C1C=C[C@@H]2O)CC(OC)=CC4. The highest BCUT2D eigenvalue weighted by molar-refractivity contribution is 5.34. The highest BCUT2D eigenvalue weighted by Crippen LogP contribution is 2.60. The Hall–Kier alpha value is -1.02. The van der Waals surface area contributed by atoms with Gasteiger partial charge in [-0.25, -0.2) is 0 Å². The van der Waals surface area contributed by atoms with Gasteiger partial charge >= 0.3 is 0 Å². The number of rotatable bonds is 2. The molecule has 2 nitrogen and oxygen atoms in total. The number of allylic oxidation sites excluding steroid dienone is 4. The first-order valence-electron chi connectivity index (χ1n) is 9.00. The molecule has 120 valence electrons. The van der Waals surface area contributed by atoms with Crippen LogP contribution in [0.2, 0.25) is 0 Å². The number of aliphatic hydroxyl groups excluding tert-OH is 1. The van der Waals surface area contributed by atoms with Gasteiger partial charge in [0, 0.05) is 11.8 Å². The molecule has 0 aromatic heterocycles. The van der Waals surface area contributed by atoms with E-state index in [1.807, 2.05) is 0 Å². The molecule has 1 fully saturated rings. The van der Waals surface area contributed by atoms with Crippen LogP contribution >= 0.6 is 0 Å². The summed E-state index contributed by atoms with van der Waals surface area (Å²) in [5.74, 6) is 3.25. The summed E-state index contributed by atoms with van der Waals surface area (Å²) in [6, 6.07) is 0. The molecule has 0 aliphatic heterocycles. The molecular weight excluding hydrogens is 272 g/mol. The topological polar surface area (TPSA) is 29.5 Å². The monoisotopic (exact) mass is 300 g/mol. The second kappa shape index (κ2) is 5.26. The minimum absolute atomic E-state index is 0.140. The Kier molecular flexibility index (Phi) is 3.48. The van der Waals surface area contributed by atoms with Crippen molar-refractivity contribution in [1.82, 2.24) is 0 Å². The van der Waals surface area contributed by atoms with Crippen LogP contribution in [0.5, 0.6) is 0 Å². The van der Waals surface area contributed by atoms with Crippen LogP contribution in [0.25, 0.3) is 0 Å². The number of ether oxygens (including phenoxy) is 1. The van der Waals surface area contributed by atoms with Gasteiger partial charge in [-0.15, -0.1) is 0 Å². The summed E-state index contributed by atoms with van der Waals surface area (Å²) in [5, 5.41) is 10.5. The van der Waals surface area contributed by atoms with E-state index in [1.54, 1.807) is 18.3 Å². The standard InChI is InChI=1S/C20H28O2/c1-3-20-11-10-16-15-7-5-14(22-2)12-13(15)4-6-17(16)18(20)8-9-19(20)21/h5,8-9,16-19,21H,3-4,6-7,10-12H2,1-2H3/t16?,17?,18?,19-,20-/m0/s1. The van der Waals surface area contributed by atoms with E-state index in [9.17, 15) is 5.11 Å². The number of hydrogen-bond donors (Lipinski definition) is 1. The van der Waals surface area contributed by atoms with Gasteiger partial charge in [-0.3, -0.25) is 0 Å². The predicted octanol–water partition coefficient (Wildman–Crippen LogP) is 4.37. The molecule has 4 rings (SSSR count). The Balaban J connectivity index is 1.63. The Bertz CT molecular complexity index is 556. The van der Waals surface area contributed by atoms with Gasteiger partial charge in [0.2, 0.25) is 0 Å². The van der Waals surface area contributed by atoms with Crippen LogP contribution in [0.4, 0.5) is 0 Å². The fourth-order valence-electron chi connectivity index (χ4n) is 5.94. The van der Waals surface area contributed by atoms with Crippen LogP contribution < -0.4 is 0 Å². The average Bonchev–Trinajstić information content (AvgIpc) is 2.91. The van der Waals surface area contributed by atoms with Gasteiger partial charge in [-0.05, 0) is 62.4 Å². The lowest BCUT2D eigenvalue weighted by molar-refractivity contribution is -0.0357. The summed E-state index contributed by atoms with van der Waals surface area (Å²) in [6.45, 7) is 2.27. The second-order valence-electron chi connectivity index (χ2n) is 7.67. The van der Waals surface area contributed by atoms with E-state index < -0.39 is 0 Å². The molecule has 0 aromatic rings. The van der Waals surface area contributed by atoms with Gasteiger partial charge in [0.15, 0.2) is 0 Å². The third-order valence-corrected chi connectivity index (χ3v) is 7.19. The minimum Gasteiger partial charge on any atom is -0.501 e. The van der Waals surface area contributed by atoms with E-state index in [0.29, 0.717) is 5.92 Å². The van der Waals surface area contributed by atoms with Crippen LogP contribution in [0.1, 0.15) is 51.9 Å². The first kappa shape index (κ1) is 14.6. The molecule has 4 aliphatic carbocycles. The number of fused-ring (bicyclic) bond motifs is 4. The highest BCUT2D eigenvalue weighted by atomic mass is 16.5. The molecule has 1 N–H and O–H groups in total. The number of hydrogen-bond acceptors (Lipinski definition) is 2. The molecule has 0 aromatic carbocycles. The molecule has 4 aliphatic rings. The third kappa shape index (κ3) is 1.89. The van der Waals surface area contributed by atoms with E-state index in [0.717, 1.165) is 36.9 Å². The molecule has 0 spiro atoms. The van der Waals surface area contributed by atoms with Crippen LogP contribution in [0, 0.1) is 23.2 Å². The Labute approximate surface area is 133 Å². The Morgan fingerprint density at radius 1 is 1.32 bits per heavy atom. The van der Waals surface area contributed by atoms with Crippen molar-refractivity contribution in [3.05, 3.63) is 35.1 Å². The quantitative estimate of drug-likeness (QED) is 0.767. The van der Waals surface area contributed by atoms with Gasteiger partial charge in [0.1, 0.15) is 0 Å². The first-order chi connectivity index (χ1) is 10.7. The van der Waals surface area contributed by atoms with E-state index in [4.69, 9.17) is 4.74 Å². The Morgan fingerprint density at radius 3 is 2.95 bits per heavy atom. The third-order valence-electron chi connectivity index (χ3n) is 7.19. The molecule has 2 heteroatoms. The van der Waals surface area contributed by atoms with E-state index in [-0.39, 0.29) is 11.5 Å². The molecule has 22 heavy (non-hydrogen) atoms. The van der Waals surface area contributed by atoms with Crippen LogP contribution in [0.3, 0.4) is 0 Å². The van der Waals surface area contributed by atoms with Gasteiger partial charge in [0.05, 0.1) is 19.0 Å². The lowest BCUT2D eigenvalue weighted by atomic mass is 9.53. The highest BCUT2D eigenvalue weighted by Gasteiger charge is 2.54. The van der Waals surface area contributed by atoms with E-state index in [1.165, 1.54) is 25.7 Å². The zero-order valence-corrected chi connectivity index (χ0v) is 13.8. The molecule has 1 saturated carbocycles. The molecule has 3 unspecified atom stereocenters. The summed E-state index contributed by atoms with van der Waals surface area (Å²) >= 11 is 0.